The first-order valence-electron chi connectivity index (χ1n) is 7.65. The maximum Gasteiger partial charge on any atom is 0.274 e. The Morgan fingerprint density at radius 2 is 2.26 bits per heavy atom. The summed E-state index contributed by atoms with van der Waals surface area (Å²) in [5.74, 6) is 0.362. The number of amides is 2. The summed E-state index contributed by atoms with van der Waals surface area (Å²) in [7, 11) is 1.60. The Balaban J connectivity index is 1.88. The number of aryl methyl sites for hydroxylation is 1. The first-order valence-corrected chi connectivity index (χ1v) is 8.47. The lowest BCUT2D eigenvalue weighted by Crippen LogP contribution is -2.51. The third-order valence-corrected chi connectivity index (χ3v) is 5.03. The van der Waals surface area contributed by atoms with E-state index in [0.717, 1.165) is 17.7 Å². The number of nitrogens with one attached hydrogen (secondary N) is 1. The number of carbonyl (C=O) groups excluding carboxylic acids is 2. The molecule has 0 saturated carbocycles. The second-order valence-corrected chi connectivity index (χ2v) is 6.73. The van der Waals surface area contributed by atoms with E-state index in [1.165, 1.54) is 11.3 Å². The van der Waals surface area contributed by atoms with Crippen molar-refractivity contribution in [2.45, 2.75) is 32.2 Å². The molecule has 2 aromatic heterocycles. The highest BCUT2D eigenvalue weighted by atomic mass is 32.1. The molecule has 1 N–H and O–H groups in total. The molecule has 1 unspecified atom stereocenters. The summed E-state index contributed by atoms with van der Waals surface area (Å²) in [6.45, 7) is 2.46. The van der Waals surface area contributed by atoms with Crippen molar-refractivity contribution in [1.29, 1.82) is 0 Å². The number of furan rings is 1. The van der Waals surface area contributed by atoms with Crippen LogP contribution in [0, 0.1) is 6.92 Å². The van der Waals surface area contributed by atoms with E-state index < -0.39 is 6.04 Å². The molecule has 23 heavy (non-hydrogen) atoms. The quantitative estimate of drug-likeness (QED) is 0.936. The molecule has 0 bridgehead atoms. The van der Waals surface area contributed by atoms with Gasteiger partial charge < -0.3 is 14.6 Å². The Hall–Kier alpha value is -2.15. The van der Waals surface area contributed by atoms with Crippen LogP contribution in [0.4, 0.5) is 0 Å². The standard InChI is InChI=1S/C16H19N3O3S/c1-10-13(18-15(23-10)12-7-5-9-22-12)16(21)19-8-4-3-6-11(19)14(20)17-2/h5,7,9,11H,3-4,6,8H2,1-2H3,(H,17,20). The van der Waals surface area contributed by atoms with Gasteiger partial charge in [-0.15, -0.1) is 11.3 Å². The fourth-order valence-corrected chi connectivity index (χ4v) is 3.72. The summed E-state index contributed by atoms with van der Waals surface area (Å²) in [6, 6.07) is 3.20. The van der Waals surface area contributed by atoms with E-state index in [1.807, 2.05) is 13.0 Å². The summed E-state index contributed by atoms with van der Waals surface area (Å²) in [5.41, 5.74) is 0.414. The van der Waals surface area contributed by atoms with Crippen LogP contribution >= 0.6 is 11.3 Å². The number of likely N-dealkylation sites (tertiary alicyclic amines) is 1. The number of carbonyl (C=O) groups is 2. The highest BCUT2D eigenvalue weighted by Crippen LogP contribution is 2.29. The molecular formula is C16H19N3O3S. The molecule has 0 spiro atoms. The Labute approximate surface area is 138 Å². The van der Waals surface area contributed by atoms with Crippen molar-refractivity contribution >= 4 is 23.2 Å². The van der Waals surface area contributed by atoms with Crippen molar-refractivity contribution in [1.82, 2.24) is 15.2 Å². The van der Waals surface area contributed by atoms with Gasteiger partial charge >= 0.3 is 0 Å². The van der Waals surface area contributed by atoms with Gasteiger partial charge in [-0.3, -0.25) is 9.59 Å². The minimum Gasteiger partial charge on any atom is -0.462 e. The zero-order valence-corrected chi connectivity index (χ0v) is 14.0. The Morgan fingerprint density at radius 3 is 2.96 bits per heavy atom. The summed E-state index contributed by atoms with van der Waals surface area (Å²) >= 11 is 1.43. The van der Waals surface area contributed by atoms with Crippen molar-refractivity contribution in [3.63, 3.8) is 0 Å². The van der Waals surface area contributed by atoms with Crippen molar-refractivity contribution < 1.29 is 14.0 Å². The SMILES string of the molecule is CNC(=O)C1CCCCN1C(=O)c1nc(-c2ccco2)sc1C. The third kappa shape index (κ3) is 3.01. The number of hydrogen-bond donors (Lipinski definition) is 1. The van der Waals surface area contributed by atoms with Gasteiger partial charge in [-0.05, 0) is 38.3 Å². The first-order chi connectivity index (χ1) is 11.1. The molecule has 1 aliphatic heterocycles. The van der Waals surface area contributed by atoms with Crippen LogP contribution in [0.25, 0.3) is 10.8 Å². The van der Waals surface area contributed by atoms with Crippen LogP contribution in [0.5, 0.6) is 0 Å². The summed E-state index contributed by atoms with van der Waals surface area (Å²) < 4.78 is 5.35. The van der Waals surface area contributed by atoms with Crippen LogP contribution in [-0.2, 0) is 4.79 Å². The van der Waals surface area contributed by atoms with E-state index in [4.69, 9.17) is 4.42 Å². The van der Waals surface area contributed by atoms with Gasteiger partial charge in [0.15, 0.2) is 10.8 Å². The van der Waals surface area contributed by atoms with Gasteiger partial charge in [0.1, 0.15) is 11.7 Å². The average molecular weight is 333 g/mol. The second kappa shape index (κ2) is 6.54. The minimum absolute atomic E-state index is 0.114. The summed E-state index contributed by atoms with van der Waals surface area (Å²) in [4.78, 5) is 31.9. The maximum atomic E-state index is 12.9. The predicted molar refractivity (Wildman–Crippen MR) is 87.3 cm³/mol. The van der Waals surface area contributed by atoms with Crippen LogP contribution in [0.3, 0.4) is 0 Å². The fraction of sp³-hybridized carbons (Fsp3) is 0.438. The zero-order valence-electron chi connectivity index (χ0n) is 13.2. The van der Waals surface area contributed by atoms with Gasteiger partial charge in [-0.2, -0.15) is 0 Å². The summed E-state index contributed by atoms with van der Waals surface area (Å²) in [6.07, 6.45) is 4.14. The lowest BCUT2D eigenvalue weighted by molar-refractivity contribution is -0.126. The van der Waals surface area contributed by atoms with E-state index in [-0.39, 0.29) is 11.8 Å². The number of likely N-dealkylation sites (N-methyl/N-ethyl adjacent to an activating group) is 1. The molecule has 7 heteroatoms. The second-order valence-electron chi connectivity index (χ2n) is 5.53. The van der Waals surface area contributed by atoms with E-state index in [9.17, 15) is 9.59 Å². The fourth-order valence-electron chi connectivity index (χ4n) is 2.85. The number of nitrogens with zero attached hydrogens (tertiary/aromatic N) is 2. The number of piperidine rings is 1. The van der Waals surface area contributed by atoms with E-state index in [2.05, 4.69) is 10.3 Å². The van der Waals surface area contributed by atoms with Gasteiger partial charge in [0.25, 0.3) is 5.91 Å². The maximum absolute atomic E-state index is 12.9. The topological polar surface area (TPSA) is 75.4 Å². The van der Waals surface area contributed by atoms with Gasteiger partial charge in [0.2, 0.25) is 5.91 Å². The molecule has 3 rings (SSSR count). The molecule has 0 aliphatic carbocycles. The molecule has 1 saturated heterocycles. The van der Waals surface area contributed by atoms with Gasteiger partial charge in [0.05, 0.1) is 6.26 Å². The number of thiazole rings is 1. The Bertz CT molecular complexity index is 708. The Kier molecular flexibility index (Phi) is 4.47. The van der Waals surface area contributed by atoms with Crippen LogP contribution in [-0.4, -0.2) is 41.3 Å². The monoisotopic (exact) mass is 333 g/mol. The van der Waals surface area contributed by atoms with Crippen molar-refractivity contribution in [2.24, 2.45) is 0 Å². The molecule has 2 aromatic rings. The molecular weight excluding hydrogens is 314 g/mol. The van der Waals surface area contributed by atoms with E-state index >= 15 is 0 Å². The van der Waals surface area contributed by atoms with Gasteiger partial charge in [-0.25, -0.2) is 4.98 Å². The van der Waals surface area contributed by atoms with E-state index in [1.54, 1.807) is 24.3 Å². The van der Waals surface area contributed by atoms with Crippen molar-refractivity contribution in [3.05, 3.63) is 29.0 Å². The molecule has 1 fully saturated rings. The summed E-state index contributed by atoms with van der Waals surface area (Å²) in [5, 5.41) is 3.33. The van der Waals surface area contributed by atoms with Crippen molar-refractivity contribution in [3.8, 4) is 10.8 Å². The number of rotatable bonds is 3. The number of aromatic nitrogens is 1. The van der Waals surface area contributed by atoms with Gasteiger partial charge in [-0.1, -0.05) is 0 Å². The molecule has 1 atom stereocenters. The molecule has 3 heterocycles. The molecule has 2 amide bonds. The van der Waals surface area contributed by atoms with Crippen LogP contribution in [0.1, 0.15) is 34.6 Å². The highest BCUT2D eigenvalue weighted by Gasteiger charge is 2.34. The minimum atomic E-state index is -0.408. The van der Waals surface area contributed by atoms with E-state index in [0.29, 0.717) is 29.4 Å². The molecule has 122 valence electrons. The number of hydrogen-bond acceptors (Lipinski definition) is 5. The Morgan fingerprint density at radius 1 is 1.43 bits per heavy atom. The average Bonchev–Trinajstić information content (AvgIpc) is 3.23. The smallest absolute Gasteiger partial charge is 0.274 e. The normalized spacial score (nSPS) is 18.0. The van der Waals surface area contributed by atoms with Crippen LogP contribution in [0.2, 0.25) is 0 Å². The molecule has 1 aliphatic rings. The zero-order chi connectivity index (χ0) is 16.4. The molecule has 0 aromatic carbocycles. The third-order valence-electron chi connectivity index (χ3n) is 4.04. The van der Waals surface area contributed by atoms with Crippen molar-refractivity contribution in [2.75, 3.05) is 13.6 Å². The van der Waals surface area contributed by atoms with Crippen LogP contribution < -0.4 is 5.32 Å². The van der Waals surface area contributed by atoms with Crippen LogP contribution in [0.15, 0.2) is 22.8 Å². The lowest BCUT2D eigenvalue weighted by Gasteiger charge is -2.34. The largest absolute Gasteiger partial charge is 0.462 e. The van der Waals surface area contributed by atoms with Gasteiger partial charge in [0, 0.05) is 18.5 Å². The molecule has 6 nitrogen and oxygen atoms in total. The first kappa shape index (κ1) is 15.7. The molecule has 0 radical (unpaired) electrons. The highest BCUT2D eigenvalue weighted by molar-refractivity contribution is 7.15. The lowest BCUT2D eigenvalue weighted by atomic mass is 10.0. The predicted octanol–water partition coefficient (Wildman–Crippen LogP) is 2.45.